The average molecular weight is 440 g/mol. The molecule has 0 atom stereocenters. The molecule has 0 saturated carbocycles. The van der Waals surface area contributed by atoms with Crippen molar-refractivity contribution in [3.63, 3.8) is 0 Å². The molecular weight excluding hydrogens is 410 g/mol. The fourth-order valence-corrected chi connectivity index (χ4v) is 3.33. The Morgan fingerprint density at radius 1 is 0.559 bits per heavy atom. The highest BCUT2D eigenvalue weighted by Crippen LogP contribution is 2.25. The first kappa shape index (κ1) is 24.5. The van der Waals surface area contributed by atoms with Crippen molar-refractivity contribution in [3.05, 3.63) is 99.4 Å². The van der Waals surface area contributed by atoms with Gasteiger partial charge < -0.3 is 0 Å². The standard InChI is InChI=1S/C33H29N/c1-9-26-20-30(32(3,4)5)17-15-28(26)13-11-24-19-25(23-34-22-24)12-14-29-16-18-31(33(6,7)8)21-27(29)10-2/h1-2,15-23H,3-8H3. The molecule has 0 N–H and O–H groups in total. The first-order chi connectivity index (χ1) is 16.0. The van der Waals surface area contributed by atoms with Crippen LogP contribution < -0.4 is 0 Å². The molecule has 0 aliphatic rings. The van der Waals surface area contributed by atoms with E-state index in [0.29, 0.717) is 0 Å². The maximum atomic E-state index is 5.74. The summed E-state index contributed by atoms with van der Waals surface area (Å²) in [6, 6.07) is 14.1. The van der Waals surface area contributed by atoms with Gasteiger partial charge in [-0.2, -0.15) is 0 Å². The second-order valence-electron chi connectivity index (χ2n) is 10.3. The van der Waals surface area contributed by atoms with Crippen molar-refractivity contribution >= 4 is 0 Å². The van der Waals surface area contributed by atoms with Gasteiger partial charge in [-0.15, -0.1) is 12.8 Å². The summed E-state index contributed by atoms with van der Waals surface area (Å²) in [5.41, 5.74) is 7.22. The Morgan fingerprint density at radius 2 is 0.971 bits per heavy atom. The summed E-state index contributed by atoms with van der Waals surface area (Å²) in [4.78, 5) is 4.30. The van der Waals surface area contributed by atoms with Gasteiger partial charge in [-0.1, -0.05) is 89.2 Å². The van der Waals surface area contributed by atoms with E-state index in [9.17, 15) is 0 Å². The zero-order chi connectivity index (χ0) is 24.9. The number of nitrogens with zero attached hydrogens (tertiary/aromatic N) is 1. The Bertz CT molecular complexity index is 1320. The molecule has 0 unspecified atom stereocenters. The molecule has 1 heterocycles. The van der Waals surface area contributed by atoms with Crippen LogP contribution in [0.3, 0.4) is 0 Å². The summed E-state index contributed by atoms with van der Waals surface area (Å²) in [6.07, 6.45) is 14.9. The van der Waals surface area contributed by atoms with E-state index in [2.05, 4.69) is 94.2 Å². The second kappa shape index (κ2) is 9.76. The highest BCUT2D eigenvalue weighted by molar-refractivity contribution is 5.56. The molecule has 3 aromatic rings. The summed E-state index contributed by atoms with van der Waals surface area (Å²) < 4.78 is 0. The number of hydrogen-bond donors (Lipinski definition) is 0. The van der Waals surface area contributed by atoms with Crippen molar-refractivity contribution in [1.29, 1.82) is 0 Å². The van der Waals surface area contributed by atoms with Gasteiger partial charge in [0.15, 0.2) is 0 Å². The fourth-order valence-electron chi connectivity index (χ4n) is 3.33. The number of benzene rings is 2. The smallest absolute Gasteiger partial charge is 0.0444 e. The van der Waals surface area contributed by atoms with Crippen LogP contribution in [-0.2, 0) is 10.8 Å². The van der Waals surface area contributed by atoms with E-state index in [1.54, 1.807) is 12.4 Å². The number of rotatable bonds is 0. The number of aromatic nitrogens is 1. The third-order valence-electron chi connectivity index (χ3n) is 5.50. The van der Waals surface area contributed by atoms with E-state index < -0.39 is 0 Å². The molecule has 0 radical (unpaired) electrons. The molecule has 166 valence electrons. The first-order valence-electron chi connectivity index (χ1n) is 11.2. The van der Waals surface area contributed by atoms with Crippen molar-refractivity contribution in [2.24, 2.45) is 0 Å². The third-order valence-corrected chi connectivity index (χ3v) is 5.50. The van der Waals surface area contributed by atoms with E-state index >= 15 is 0 Å². The zero-order valence-corrected chi connectivity index (χ0v) is 20.8. The third kappa shape index (κ3) is 5.99. The van der Waals surface area contributed by atoms with Gasteiger partial charge in [-0.3, -0.25) is 4.98 Å². The Labute approximate surface area is 205 Å². The molecule has 3 rings (SSSR count). The van der Waals surface area contributed by atoms with Gasteiger partial charge in [0.2, 0.25) is 0 Å². The number of hydrogen-bond acceptors (Lipinski definition) is 1. The van der Waals surface area contributed by atoms with Crippen LogP contribution in [0.2, 0.25) is 0 Å². The van der Waals surface area contributed by atoms with Crippen LogP contribution in [0.25, 0.3) is 0 Å². The normalized spacial score (nSPS) is 10.7. The van der Waals surface area contributed by atoms with E-state index in [-0.39, 0.29) is 10.8 Å². The SMILES string of the molecule is C#Cc1cc(C(C)(C)C)ccc1C#Cc1cncc(C#Cc2ccc(C(C)(C)C)cc2C#C)c1. The molecule has 0 spiro atoms. The summed E-state index contributed by atoms with van der Waals surface area (Å²) >= 11 is 0. The minimum Gasteiger partial charge on any atom is -0.262 e. The lowest BCUT2D eigenvalue weighted by Gasteiger charge is -2.19. The molecule has 1 heteroatoms. The fraction of sp³-hybridized carbons (Fsp3) is 0.242. The number of pyridine rings is 1. The van der Waals surface area contributed by atoms with Crippen LogP contribution in [0.5, 0.6) is 0 Å². The molecule has 1 nitrogen and oxygen atoms in total. The van der Waals surface area contributed by atoms with E-state index in [4.69, 9.17) is 12.8 Å². The summed E-state index contributed by atoms with van der Waals surface area (Å²) in [7, 11) is 0. The predicted molar refractivity (Wildman–Crippen MR) is 142 cm³/mol. The molecule has 0 aliphatic heterocycles. The van der Waals surface area contributed by atoms with Gasteiger partial charge in [0.05, 0.1) is 0 Å². The van der Waals surface area contributed by atoms with Crippen molar-refractivity contribution in [3.8, 4) is 48.4 Å². The number of terminal acetylenes is 2. The van der Waals surface area contributed by atoms with Gasteiger partial charge in [-0.25, -0.2) is 0 Å². The van der Waals surface area contributed by atoms with Crippen LogP contribution >= 0.6 is 0 Å². The molecule has 1 aromatic heterocycles. The molecule has 34 heavy (non-hydrogen) atoms. The van der Waals surface area contributed by atoms with Crippen LogP contribution in [0, 0.1) is 48.4 Å². The van der Waals surface area contributed by atoms with Gasteiger partial charge in [0.1, 0.15) is 0 Å². The lowest BCUT2D eigenvalue weighted by atomic mass is 9.85. The van der Waals surface area contributed by atoms with E-state index in [0.717, 1.165) is 33.4 Å². The minimum atomic E-state index is 0.0286. The summed E-state index contributed by atoms with van der Waals surface area (Å²) in [5.74, 6) is 18.2. The lowest BCUT2D eigenvalue weighted by Crippen LogP contribution is -2.11. The Hall–Kier alpha value is -4.17. The Balaban J connectivity index is 1.90. The molecule has 0 aliphatic carbocycles. The minimum absolute atomic E-state index is 0.0286. The quantitative estimate of drug-likeness (QED) is 0.367. The predicted octanol–water partition coefficient (Wildman–Crippen LogP) is 6.44. The summed E-state index contributed by atoms with van der Waals surface area (Å²) in [6.45, 7) is 13.0. The molecule has 0 bridgehead atoms. The van der Waals surface area contributed by atoms with Crippen LogP contribution in [-0.4, -0.2) is 4.98 Å². The first-order valence-corrected chi connectivity index (χ1v) is 11.2. The van der Waals surface area contributed by atoms with Crippen molar-refractivity contribution in [1.82, 2.24) is 4.98 Å². The van der Waals surface area contributed by atoms with E-state index in [1.807, 2.05) is 30.3 Å². The Kier molecular flexibility index (Phi) is 7.03. The molecule has 2 aromatic carbocycles. The van der Waals surface area contributed by atoms with Crippen LogP contribution in [0.15, 0.2) is 54.9 Å². The Morgan fingerprint density at radius 3 is 1.32 bits per heavy atom. The highest BCUT2D eigenvalue weighted by atomic mass is 14.6. The van der Waals surface area contributed by atoms with Gasteiger partial charge >= 0.3 is 0 Å². The van der Waals surface area contributed by atoms with Gasteiger partial charge in [-0.05, 0) is 52.3 Å². The molecule has 0 amide bonds. The monoisotopic (exact) mass is 439 g/mol. The average Bonchev–Trinajstić information content (AvgIpc) is 2.80. The summed E-state index contributed by atoms with van der Waals surface area (Å²) in [5, 5.41) is 0. The molecule has 0 fully saturated rings. The van der Waals surface area contributed by atoms with Gasteiger partial charge in [0.25, 0.3) is 0 Å². The topological polar surface area (TPSA) is 12.9 Å². The van der Waals surface area contributed by atoms with Crippen LogP contribution in [0.1, 0.15) is 86.1 Å². The van der Waals surface area contributed by atoms with Crippen molar-refractivity contribution in [2.45, 2.75) is 52.4 Å². The van der Waals surface area contributed by atoms with Crippen LogP contribution in [0.4, 0.5) is 0 Å². The molecular formula is C33H29N. The van der Waals surface area contributed by atoms with E-state index in [1.165, 1.54) is 11.1 Å². The van der Waals surface area contributed by atoms with Gasteiger partial charge in [0, 0.05) is 45.8 Å². The second-order valence-corrected chi connectivity index (χ2v) is 10.3. The van der Waals surface area contributed by atoms with Crippen molar-refractivity contribution in [2.75, 3.05) is 0 Å². The maximum Gasteiger partial charge on any atom is 0.0444 e. The zero-order valence-electron chi connectivity index (χ0n) is 20.8. The highest BCUT2D eigenvalue weighted by Gasteiger charge is 2.15. The lowest BCUT2D eigenvalue weighted by molar-refractivity contribution is 0.590. The molecule has 0 saturated heterocycles. The largest absolute Gasteiger partial charge is 0.262 e. The maximum absolute atomic E-state index is 5.74. The van der Waals surface area contributed by atoms with Crippen molar-refractivity contribution < 1.29 is 0 Å².